The minimum Gasteiger partial charge on any atom is -0.497 e. The molecule has 0 saturated carbocycles. The number of rotatable bonds is 6. The van der Waals surface area contributed by atoms with Gasteiger partial charge >= 0.3 is 0 Å². The van der Waals surface area contributed by atoms with E-state index in [1.54, 1.807) is 7.11 Å². The quantitative estimate of drug-likeness (QED) is 0.686. The van der Waals surface area contributed by atoms with Gasteiger partial charge in [-0.15, -0.1) is 0 Å². The Bertz CT molecular complexity index is 738. The van der Waals surface area contributed by atoms with E-state index in [-0.39, 0.29) is 0 Å². The monoisotopic (exact) mass is 293 g/mol. The molecule has 3 aromatic carbocycles. The Morgan fingerprint density at radius 2 is 1.55 bits per heavy atom. The van der Waals surface area contributed by atoms with Crippen molar-refractivity contribution in [2.24, 2.45) is 0 Å². The van der Waals surface area contributed by atoms with Gasteiger partial charge in [-0.05, 0) is 47.2 Å². The minimum atomic E-state index is 0.615. The Morgan fingerprint density at radius 1 is 0.818 bits per heavy atom. The molecule has 0 atom stereocenters. The molecule has 3 heteroatoms. The summed E-state index contributed by atoms with van der Waals surface area (Å²) in [6.07, 6.45) is 0. The smallest absolute Gasteiger partial charge is 0.120 e. The second-order valence-electron chi connectivity index (χ2n) is 5.01. The van der Waals surface area contributed by atoms with E-state index < -0.39 is 0 Å². The number of anilines is 1. The summed E-state index contributed by atoms with van der Waals surface area (Å²) in [5, 5.41) is 5.75. The van der Waals surface area contributed by atoms with Gasteiger partial charge in [0.1, 0.15) is 18.1 Å². The number of benzene rings is 3. The largest absolute Gasteiger partial charge is 0.497 e. The third-order valence-electron chi connectivity index (χ3n) is 3.51. The molecule has 3 rings (SSSR count). The molecule has 0 amide bonds. The maximum Gasteiger partial charge on any atom is 0.120 e. The number of nitrogens with one attached hydrogen (secondary N) is 1. The molecule has 0 saturated heterocycles. The fourth-order valence-electron chi connectivity index (χ4n) is 2.33. The van der Waals surface area contributed by atoms with Gasteiger partial charge in [-0.3, -0.25) is 0 Å². The third-order valence-corrected chi connectivity index (χ3v) is 3.51. The third kappa shape index (κ3) is 3.50. The van der Waals surface area contributed by atoms with Gasteiger partial charge < -0.3 is 14.8 Å². The first-order chi connectivity index (χ1) is 10.8. The molecule has 1 N–H and O–H groups in total. The number of hydrogen-bond donors (Lipinski definition) is 1. The molecule has 3 aromatic rings. The van der Waals surface area contributed by atoms with Crippen LogP contribution in [-0.2, 0) is 0 Å². The van der Waals surface area contributed by atoms with Crippen molar-refractivity contribution in [1.82, 2.24) is 0 Å². The summed E-state index contributed by atoms with van der Waals surface area (Å²) in [7, 11) is 1.67. The van der Waals surface area contributed by atoms with Gasteiger partial charge in [0, 0.05) is 12.2 Å². The van der Waals surface area contributed by atoms with E-state index in [1.165, 1.54) is 10.8 Å². The van der Waals surface area contributed by atoms with Crippen LogP contribution in [0.15, 0.2) is 66.7 Å². The number of methoxy groups -OCH3 is 1. The summed E-state index contributed by atoms with van der Waals surface area (Å²) in [5.41, 5.74) is 1.06. The molecule has 22 heavy (non-hydrogen) atoms. The molecular weight excluding hydrogens is 274 g/mol. The second-order valence-corrected chi connectivity index (χ2v) is 5.01. The summed E-state index contributed by atoms with van der Waals surface area (Å²) in [4.78, 5) is 0. The van der Waals surface area contributed by atoms with Crippen LogP contribution >= 0.6 is 0 Å². The van der Waals surface area contributed by atoms with E-state index in [9.17, 15) is 0 Å². The lowest BCUT2D eigenvalue weighted by molar-refractivity contribution is 0.333. The van der Waals surface area contributed by atoms with Crippen LogP contribution < -0.4 is 14.8 Å². The summed E-state index contributed by atoms with van der Waals surface area (Å²) >= 11 is 0. The molecule has 0 aromatic heterocycles. The van der Waals surface area contributed by atoms with Gasteiger partial charge in [0.05, 0.1) is 7.11 Å². The van der Waals surface area contributed by atoms with Crippen molar-refractivity contribution < 1.29 is 9.47 Å². The first-order valence-corrected chi connectivity index (χ1v) is 7.35. The van der Waals surface area contributed by atoms with Crippen molar-refractivity contribution in [1.29, 1.82) is 0 Å². The molecule has 0 unspecified atom stereocenters. The molecule has 0 radical (unpaired) electrons. The zero-order valence-electron chi connectivity index (χ0n) is 12.6. The molecule has 0 spiro atoms. The van der Waals surface area contributed by atoms with Crippen LogP contribution in [0.25, 0.3) is 10.8 Å². The van der Waals surface area contributed by atoms with Crippen LogP contribution in [0.2, 0.25) is 0 Å². The van der Waals surface area contributed by atoms with Gasteiger partial charge in [-0.1, -0.05) is 30.3 Å². The summed E-state index contributed by atoms with van der Waals surface area (Å²) in [6, 6.07) is 22.3. The maximum atomic E-state index is 5.79. The molecule has 0 fully saturated rings. The average Bonchev–Trinajstić information content (AvgIpc) is 2.59. The highest BCUT2D eigenvalue weighted by Gasteiger charge is 1.98. The highest BCUT2D eigenvalue weighted by molar-refractivity contribution is 5.83. The summed E-state index contributed by atoms with van der Waals surface area (Å²) in [5.74, 6) is 1.76. The van der Waals surface area contributed by atoms with Crippen molar-refractivity contribution in [3.63, 3.8) is 0 Å². The summed E-state index contributed by atoms with van der Waals surface area (Å²) < 4.78 is 10.9. The van der Waals surface area contributed by atoms with E-state index in [4.69, 9.17) is 9.47 Å². The second kappa shape index (κ2) is 6.85. The Morgan fingerprint density at radius 3 is 2.32 bits per heavy atom. The van der Waals surface area contributed by atoms with Gasteiger partial charge in [0.25, 0.3) is 0 Å². The van der Waals surface area contributed by atoms with E-state index in [2.05, 4.69) is 29.6 Å². The molecular formula is C19H19NO2. The van der Waals surface area contributed by atoms with Crippen LogP contribution in [0.3, 0.4) is 0 Å². The zero-order valence-corrected chi connectivity index (χ0v) is 12.6. The van der Waals surface area contributed by atoms with E-state index in [0.717, 1.165) is 23.7 Å². The van der Waals surface area contributed by atoms with Crippen LogP contribution in [-0.4, -0.2) is 20.3 Å². The lowest BCUT2D eigenvalue weighted by atomic mass is 10.1. The Balaban J connectivity index is 1.51. The minimum absolute atomic E-state index is 0.615. The van der Waals surface area contributed by atoms with Gasteiger partial charge in [0.15, 0.2) is 0 Å². The van der Waals surface area contributed by atoms with Gasteiger partial charge in [0.2, 0.25) is 0 Å². The molecule has 112 valence electrons. The molecule has 0 heterocycles. The Kier molecular flexibility index (Phi) is 4.44. The standard InChI is InChI=1S/C19H19NO2/c1-21-18-10-7-17(8-11-18)20-12-13-22-19-9-6-15-4-2-3-5-16(15)14-19/h2-11,14,20H,12-13H2,1H3. The lowest BCUT2D eigenvalue weighted by Gasteiger charge is -2.10. The zero-order chi connectivity index (χ0) is 15.2. The SMILES string of the molecule is COc1ccc(NCCOc2ccc3ccccc3c2)cc1. The first kappa shape index (κ1) is 14.3. The highest BCUT2D eigenvalue weighted by atomic mass is 16.5. The van der Waals surface area contributed by atoms with Crippen LogP contribution in [0.4, 0.5) is 5.69 Å². The van der Waals surface area contributed by atoms with E-state index in [0.29, 0.717) is 6.61 Å². The highest BCUT2D eigenvalue weighted by Crippen LogP contribution is 2.20. The number of hydrogen-bond acceptors (Lipinski definition) is 3. The van der Waals surface area contributed by atoms with Crippen molar-refractivity contribution in [2.75, 3.05) is 25.6 Å². The van der Waals surface area contributed by atoms with Crippen LogP contribution in [0.5, 0.6) is 11.5 Å². The van der Waals surface area contributed by atoms with Crippen molar-refractivity contribution in [3.8, 4) is 11.5 Å². The van der Waals surface area contributed by atoms with Gasteiger partial charge in [-0.2, -0.15) is 0 Å². The Hall–Kier alpha value is -2.68. The molecule has 0 aliphatic rings. The molecule has 0 bridgehead atoms. The topological polar surface area (TPSA) is 30.5 Å². The fraction of sp³-hybridized carbons (Fsp3) is 0.158. The predicted molar refractivity (Wildman–Crippen MR) is 90.9 cm³/mol. The predicted octanol–water partition coefficient (Wildman–Crippen LogP) is 4.34. The van der Waals surface area contributed by atoms with Gasteiger partial charge in [-0.25, -0.2) is 0 Å². The van der Waals surface area contributed by atoms with E-state index in [1.807, 2.05) is 42.5 Å². The molecule has 0 aliphatic heterocycles. The Labute approximate surface area is 130 Å². The molecule has 0 aliphatic carbocycles. The number of fused-ring (bicyclic) bond motifs is 1. The average molecular weight is 293 g/mol. The first-order valence-electron chi connectivity index (χ1n) is 7.35. The number of ether oxygens (including phenoxy) is 2. The lowest BCUT2D eigenvalue weighted by Crippen LogP contribution is -2.11. The summed E-state index contributed by atoms with van der Waals surface area (Å²) in [6.45, 7) is 1.36. The van der Waals surface area contributed by atoms with Crippen LogP contribution in [0.1, 0.15) is 0 Å². The van der Waals surface area contributed by atoms with E-state index >= 15 is 0 Å². The van der Waals surface area contributed by atoms with Crippen molar-refractivity contribution >= 4 is 16.5 Å². The fourth-order valence-corrected chi connectivity index (χ4v) is 2.33. The van der Waals surface area contributed by atoms with Crippen LogP contribution in [0, 0.1) is 0 Å². The van der Waals surface area contributed by atoms with Crippen molar-refractivity contribution in [2.45, 2.75) is 0 Å². The maximum absolute atomic E-state index is 5.79. The normalized spacial score (nSPS) is 10.4. The molecule has 3 nitrogen and oxygen atoms in total. The van der Waals surface area contributed by atoms with Crippen molar-refractivity contribution in [3.05, 3.63) is 66.7 Å².